The SMILES string of the molecule is CCCC(C)N(C)C(C)CCCNC(C)(C)C. The standard InChI is InChI=1S/C15H34N2/c1-8-10-13(2)17(7)14(3)11-9-12-16-15(4,5)6/h13-14,16H,8-12H2,1-7H3. The van der Waals surface area contributed by atoms with Gasteiger partial charge in [-0.2, -0.15) is 0 Å². The highest BCUT2D eigenvalue weighted by Gasteiger charge is 2.15. The molecule has 1 N–H and O–H groups in total. The molecule has 0 amide bonds. The monoisotopic (exact) mass is 242 g/mol. The maximum atomic E-state index is 3.55. The van der Waals surface area contributed by atoms with Crippen LogP contribution in [0, 0.1) is 0 Å². The van der Waals surface area contributed by atoms with Gasteiger partial charge in [-0.1, -0.05) is 13.3 Å². The fourth-order valence-corrected chi connectivity index (χ4v) is 2.12. The molecule has 0 radical (unpaired) electrons. The quantitative estimate of drug-likeness (QED) is 0.653. The molecule has 0 aliphatic heterocycles. The second kappa shape index (κ2) is 8.10. The highest BCUT2D eigenvalue weighted by molar-refractivity contribution is 4.73. The fourth-order valence-electron chi connectivity index (χ4n) is 2.12. The van der Waals surface area contributed by atoms with E-state index in [1.54, 1.807) is 0 Å². The summed E-state index contributed by atoms with van der Waals surface area (Å²) in [7, 11) is 2.27. The fraction of sp³-hybridized carbons (Fsp3) is 1.00. The van der Waals surface area contributed by atoms with Crippen molar-refractivity contribution >= 4 is 0 Å². The van der Waals surface area contributed by atoms with Gasteiger partial charge in [-0.15, -0.1) is 0 Å². The van der Waals surface area contributed by atoms with Gasteiger partial charge in [0.15, 0.2) is 0 Å². The molecule has 0 heterocycles. The molecule has 2 nitrogen and oxygen atoms in total. The van der Waals surface area contributed by atoms with Gasteiger partial charge in [0.2, 0.25) is 0 Å². The lowest BCUT2D eigenvalue weighted by molar-refractivity contribution is 0.175. The van der Waals surface area contributed by atoms with Gasteiger partial charge in [0.1, 0.15) is 0 Å². The Balaban J connectivity index is 3.74. The van der Waals surface area contributed by atoms with Gasteiger partial charge in [0.05, 0.1) is 0 Å². The Labute approximate surface area is 109 Å². The molecule has 0 aromatic rings. The molecule has 0 fully saturated rings. The normalized spacial score (nSPS) is 16.2. The Morgan fingerprint density at radius 3 is 2.06 bits per heavy atom. The smallest absolute Gasteiger partial charge is 0.00965 e. The molecule has 0 saturated heterocycles. The van der Waals surface area contributed by atoms with Gasteiger partial charge < -0.3 is 10.2 Å². The lowest BCUT2D eigenvalue weighted by Gasteiger charge is -2.31. The van der Waals surface area contributed by atoms with E-state index in [0.29, 0.717) is 12.1 Å². The van der Waals surface area contributed by atoms with Crippen LogP contribution in [0.15, 0.2) is 0 Å². The molecule has 2 atom stereocenters. The van der Waals surface area contributed by atoms with Crippen LogP contribution in [-0.2, 0) is 0 Å². The van der Waals surface area contributed by atoms with E-state index in [1.165, 1.54) is 25.7 Å². The topological polar surface area (TPSA) is 15.3 Å². The van der Waals surface area contributed by atoms with E-state index in [4.69, 9.17) is 0 Å². The molecule has 0 spiro atoms. The van der Waals surface area contributed by atoms with Crippen LogP contribution in [0.1, 0.15) is 67.2 Å². The molecule has 0 aliphatic carbocycles. The van der Waals surface area contributed by atoms with E-state index >= 15 is 0 Å². The van der Waals surface area contributed by atoms with Crippen molar-refractivity contribution in [3.05, 3.63) is 0 Å². The minimum atomic E-state index is 0.255. The Kier molecular flexibility index (Phi) is 8.06. The molecule has 0 bridgehead atoms. The van der Waals surface area contributed by atoms with Crippen molar-refractivity contribution in [3.8, 4) is 0 Å². The van der Waals surface area contributed by atoms with Crippen molar-refractivity contribution < 1.29 is 0 Å². The molecule has 0 aliphatic rings. The zero-order valence-corrected chi connectivity index (χ0v) is 13.1. The molecule has 0 rings (SSSR count). The van der Waals surface area contributed by atoms with Gasteiger partial charge in [-0.05, 0) is 67.5 Å². The molecule has 0 aromatic heterocycles. The molecular formula is C15H34N2. The summed E-state index contributed by atoms with van der Waals surface area (Å²) in [5.74, 6) is 0. The molecule has 17 heavy (non-hydrogen) atoms. The number of nitrogens with one attached hydrogen (secondary N) is 1. The van der Waals surface area contributed by atoms with Crippen molar-refractivity contribution in [2.45, 2.75) is 84.8 Å². The molecule has 0 saturated carbocycles. The van der Waals surface area contributed by atoms with Crippen molar-refractivity contribution in [3.63, 3.8) is 0 Å². The first-order valence-corrected chi connectivity index (χ1v) is 7.25. The maximum Gasteiger partial charge on any atom is 0.00965 e. The van der Waals surface area contributed by atoms with Crippen LogP contribution >= 0.6 is 0 Å². The van der Waals surface area contributed by atoms with E-state index < -0.39 is 0 Å². The summed E-state index contributed by atoms with van der Waals surface area (Å²) in [5, 5.41) is 3.55. The predicted octanol–water partition coefficient (Wildman–Crippen LogP) is 3.66. The summed E-state index contributed by atoms with van der Waals surface area (Å²) < 4.78 is 0. The zero-order valence-electron chi connectivity index (χ0n) is 13.1. The van der Waals surface area contributed by atoms with Crippen LogP contribution in [0.25, 0.3) is 0 Å². The van der Waals surface area contributed by atoms with Gasteiger partial charge in [-0.25, -0.2) is 0 Å². The van der Waals surface area contributed by atoms with Gasteiger partial charge in [0, 0.05) is 17.6 Å². The predicted molar refractivity (Wildman–Crippen MR) is 78.6 cm³/mol. The second-order valence-corrected chi connectivity index (χ2v) is 6.47. The third kappa shape index (κ3) is 8.62. The number of hydrogen-bond acceptors (Lipinski definition) is 2. The van der Waals surface area contributed by atoms with Crippen LogP contribution < -0.4 is 5.32 Å². The molecular weight excluding hydrogens is 208 g/mol. The van der Waals surface area contributed by atoms with E-state index in [-0.39, 0.29) is 5.54 Å². The maximum absolute atomic E-state index is 3.55. The lowest BCUT2D eigenvalue weighted by Crippen LogP contribution is -2.39. The third-order valence-corrected chi connectivity index (χ3v) is 3.55. The first-order chi connectivity index (χ1) is 7.78. The molecule has 2 unspecified atom stereocenters. The van der Waals surface area contributed by atoms with E-state index in [9.17, 15) is 0 Å². The molecule has 0 aromatic carbocycles. The van der Waals surface area contributed by atoms with Crippen molar-refractivity contribution in [1.82, 2.24) is 10.2 Å². The van der Waals surface area contributed by atoms with Crippen LogP contribution in [0.4, 0.5) is 0 Å². The van der Waals surface area contributed by atoms with Gasteiger partial charge in [0.25, 0.3) is 0 Å². The summed E-state index contributed by atoms with van der Waals surface area (Å²) in [6.45, 7) is 14.8. The average molecular weight is 242 g/mol. The minimum absolute atomic E-state index is 0.255. The van der Waals surface area contributed by atoms with E-state index in [0.717, 1.165) is 6.54 Å². The number of rotatable bonds is 8. The van der Waals surface area contributed by atoms with Crippen molar-refractivity contribution in [1.29, 1.82) is 0 Å². The van der Waals surface area contributed by atoms with E-state index in [1.807, 2.05) is 0 Å². The van der Waals surface area contributed by atoms with Crippen LogP contribution in [0.5, 0.6) is 0 Å². The average Bonchev–Trinajstić information content (AvgIpc) is 2.22. The van der Waals surface area contributed by atoms with Crippen molar-refractivity contribution in [2.75, 3.05) is 13.6 Å². The highest BCUT2D eigenvalue weighted by Crippen LogP contribution is 2.12. The number of hydrogen-bond donors (Lipinski definition) is 1. The van der Waals surface area contributed by atoms with Crippen LogP contribution in [0.3, 0.4) is 0 Å². The summed E-state index contributed by atoms with van der Waals surface area (Å²) in [6, 6.07) is 1.41. The van der Waals surface area contributed by atoms with E-state index in [2.05, 4.69) is 58.8 Å². The van der Waals surface area contributed by atoms with Gasteiger partial charge >= 0.3 is 0 Å². The summed E-state index contributed by atoms with van der Waals surface area (Å²) >= 11 is 0. The first-order valence-electron chi connectivity index (χ1n) is 7.25. The summed E-state index contributed by atoms with van der Waals surface area (Å²) in [6.07, 6.45) is 5.14. The molecule has 104 valence electrons. The Hall–Kier alpha value is -0.0800. The number of nitrogens with zero attached hydrogens (tertiary/aromatic N) is 1. The minimum Gasteiger partial charge on any atom is -0.312 e. The van der Waals surface area contributed by atoms with Crippen LogP contribution in [-0.4, -0.2) is 36.1 Å². The van der Waals surface area contributed by atoms with Crippen molar-refractivity contribution in [2.24, 2.45) is 0 Å². The first kappa shape index (κ1) is 16.9. The Morgan fingerprint density at radius 1 is 1.06 bits per heavy atom. The van der Waals surface area contributed by atoms with Crippen LogP contribution in [0.2, 0.25) is 0 Å². The highest BCUT2D eigenvalue weighted by atomic mass is 15.1. The third-order valence-electron chi connectivity index (χ3n) is 3.55. The Morgan fingerprint density at radius 2 is 1.59 bits per heavy atom. The zero-order chi connectivity index (χ0) is 13.5. The summed E-state index contributed by atoms with van der Waals surface area (Å²) in [5.41, 5.74) is 0.255. The largest absolute Gasteiger partial charge is 0.312 e. The molecule has 2 heteroatoms. The summed E-state index contributed by atoms with van der Waals surface area (Å²) in [4.78, 5) is 2.53. The van der Waals surface area contributed by atoms with Gasteiger partial charge in [-0.3, -0.25) is 0 Å². The Bertz CT molecular complexity index is 184. The second-order valence-electron chi connectivity index (χ2n) is 6.47. The lowest BCUT2D eigenvalue weighted by atomic mass is 10.1.